The smallest absolute Gasteiger partial charge is 0.273 e. The predicted molar refractivity (Wildman–Crippen MR) is 85.0 cm³/mol. The van der Waals surface area contributed by atoms with Crippen LogP contribution in [0.2, 0.25) is 0 Å². The largest absolute Gasteiger partial charge is 0.420 e. The van der Waals surface area contributed by atoms with E-state index in [0.717, 1.165) is 12.1 Å². The lowest BCUT2D eigenvalue weighted by molar-refractivity contribution is -0.385. The molecule has 3 N–H and O–H groups in total. The van der Waals surface area contributed by atoms with Crippen molar-refractivity contribution < 1.29 is 9.66 Å². The van der Waals surface area contributed by atoms with E-state index in [2.05, 4.69) is 10.2 Å². The summed E-state index contributed by atoms with van der Waals surface area (Å²) < 4.78 is 5.44. The third-order valence-electron chi connectivity index (χ3n) is 3.96. The monoisotopic (exact) mass is 325 g/mol. The Hall–Kier alpha value is -3.34. The van der Waals surface area contributed by atoms with Crippen molar-refractivity contribution in [2.45, 2.75) is 25.7 Å². The molecule has 2 heterocycles. The van der Waals surface area contributed by atoms with Gasteiger partial charge in [-0.25, -0.2) is 0 Å². The van der Waals surface area contributed by atoms with E-state index in [-0.39, 0.29) is 23.0 Å². The summed E-state index contributed by atoms with van der Waals surface area (Å²) in [5.74, 6) is -0.499. The number of aromatic nitrogens is 2. The fraction of sp³-hybridized carbons (Fsp3) is 0.250. The van der Waals surface area contributed by atoms with Gasteiger partial charge >= 0.3 is 0 Å². The summed E-state index contributed by atoms with van der Waals surface area (Å²) in [6.07, 6.45) is 1.53. The molecule has 0 aliphatic carbocycles. The predicted octanol–water partition coefficient (Wildman–Crippen LogP) is 2.49. The molecule has 8 heteroatoms. The number of para-hydroxylation sites is 1. The molecule has 0 saturated carbocycles. The molecule has 1 aromatic carbocycles. The molecule has 0 saturated heterocycles. The van der Waals surface area contributed by atoms with Gasteiger partial charge < -0.3 is 10.5 Å². The Morgan fingerprint density at radius 1 is 1.50 bits per heavy atom. The molecule has 0 amide bonds. The van der Waals surface area contributed by atoms with Crippen LogP contribution in [0, 0.1) is 21.4 Å². The Labute approximate surface area is 137 Å². The highest BCUT2D eigenvalue weighted by molar-refractivity contribution is 5.59. The maximum Gasteiger partial charge on any atom is 0.273 e. The Balaban J connectivity index is 2.28. The normalized spacial score (nSPS) is 16.2. The zero-order valence-electron chi connectivity index (χ0n) is 12.9. The number of H-pyrrole nitrogens is 1. The van der Waals surface area contributed by atoms with Crippen LogP contribution in [0.1, 0.15) is 36.1 Å². The molecule has 1 aromatic heterocycles. The molecule has 3 rings (SSSR count). The van der Waals surface area contributed by atoms with Crippen LogP contribution in [0.25, 0.3) is 0 Å². The fourth-order valence-electron chi connectivity index (χ4n) is 2.96. The van der Waals surface area contributed by atoms with Crippen LogP contribution >= 0.6 is 0 Å². The van der Waals surface area contributed by atoms with E-state index in [1.807, 2.05) is 13.0 Å². The number of hydrogen-bond donors (Lipinski definition) is 2. The van der Waals surface area contributed by atoms with Crippen LogP contribution in [0.15, 0.2) is 35.7 Å². The Bertz CT molecular complexity index is 878. The van der Waals surface area contributed by atoms with E-state index < -0.39 is 10.8 Å². The molecule has 2 aromatic rings. The van der Waals surface area contributed by atoms with Crippen molar-refractivity contribution in [2.75, 3.05) is 0 Å². The van der Waals surface area contributed by atoms with Crippen molar-refractivity contribution in [1.29, 1.82) is 5.26 Å². The van der Waals surface area contributed by atoms with Gasteiger partial charge in [0.15, 0.2) is 0 Å². The number of nitrogens with zero attached hydrogens (tertiary/aromatic N) is 3. The lowest BCUT2D eigenvalue weighted by atomic mass is 9.82. The number of nitrogens with two attached hydrogens (primary N) is 1. The number of nitro groups is 1. The third-order valence-corrected chi connectivity index (χ3v) is 3.96. The lowest BCUT2D eigenvalue weighted by Crippen LogP contribution is -2.21. The summed E-state index contributed by atoms with van der Waals surface area (Å²) in [7, 11) is 0. The van der Waals surface area contributed by atoms with Crippen molar-refractivity contribution in [3.8, 4) is 11.9 Å². The van der Waals surface area contributed by atoms with Crippen LogP contribution in [0.3, 0.4) is 0 Å². The maximum atomic E-state index is 11.4. The van der Waals surface area contributed by atoms with Crippen LogP contribution in [0.4, 0.5) is 5.69 Å². The number of aromatic amines is 1. The molecule has 0 spiro atoms. The summed E-state index contributed by atoms with van der Waals surface area (Å²) >= 11 is 0. The highest BCUT2D eigenvalue weighted by atomic mass is 16.6. The second-order valence-corrected chi connectivity index (χ2v) is 5.41. The number of ether oxygens (including phenoxy) is 1. The number of nitriles is 1. The van der Waals surface area contributed by atoms with Gasteiger partial charge in [-0.05, 0) is 6.42 Å². The van der Waals surface area contributed by atoms with Gasteiger partial charge in [-0.1, -0.05) is 31.5 Å². The van der Waals surface area contributed by atoms with E-state index in [1.165, 1.54) is 6.07 Å². The second-order valence-electron chi connectivity index (χ2n) is 5.41. The summed E-state index contributed by atoms with van der Waals surface area (Å²) in [5, 5.41) is 28.0. The number of rotatable bonds is 4. The molecule has 1 aliphatic heterocycles. The van der Waals surface area contributed by atoms with Gasteiger partial charge in [0.2, 0.25) is 11.8 Å². The number of nitro benzene ring substituents is 1. The molecule has 0 fully saturated rings. The zero-order chi connectivity index (χ0) is 17.3. The maximum absolute atomic E-state index is 11.4. The number of fused-ring (bicyclic) bond motifs is 1. The first kappa shape index (κ1) is 15.6. The number of nitrogens with one attached hydrogen (secondary N) is 1. The minimum atomic E-state index is -0.680. The fourth-order valence-corrected chi connectivity index (χ4v) is 2.96. The van der Waals surface area contributed by atoms with Crippen molar-refractivity contribution >= 4 is 5.69 Å². The Kier molecular flexibility index (Phi) is 3.92. The van der Waals surface area contributed by atoms with Crippen molar-refractivity contribution in [3.63, 3.8) is 0 Å². The molecule has 0 bridgehead atoms. The summed E-state index contributed by atoms with van der Waals surface area (Å²) in [4.78, 5) is 11.0. The quantitative estimate of drug-likeness (QED) is 0.656. The molecule has 8 nitrogen and oxygen atoms in total. The van der Waals surface area contributed by atoms with Gasteiger partial charge in [0.25, 0.3) is 5.69 Å². The van der Waals surface area contributed by atoms with Gasteiger partial charge in [-0.3, -0.25) is 15.2 Å². The Morgan fingerprint density at radius 2 is 2.25 bits per heavy atom. The average molecular weight is 325 g/mol. The number of allylic oxidation sites excluding steroid dienone is 1. The first-order chi connectivity index (χ1) is 11.6. The highest BCUT2D eigenvalue weighted by Crippen LogP contribution is 2.45. The average Bonchev–Trinajstić information content (AvgIpc) is 2.96. The van der Waals surface area contributed by atoms with E-state index >= 15 is 0 Å². The highest BCUT2D eigenvalue weighted by Gasteiger charge is 2.38. The number of aryl methyl sites for hydroxylation is 1. The van der Waals surface area contributed by atoms with E-state index in [0.29, 0.717) is 17.5 Å². The summed E-state index contributed by atoms with van der Waals surface area (Å²) in [6, 6.07) is 8.36. The standard InChI is InChI=1S/C16H15N5O3/c1-2-5-11-14-13(9-6-3-4-7-12(9)21(22)23)10(8-17)15(18)24-16(14)20-19-11/h3-4,6-7,13H,2,5,18H2,1H3,(H,19,20)/t13-/m1/s1. The van der Waals surface area contributed by atoms with Crippen LogP contribution in [0.5, 0.6) is 5.88 Å². The molecular formula is C16H15N5O3. The zero-order valence-corrected chi connectivity index (χ0v) is 12.9. The van der Waals surface area contributed by atoms with E-state index in [9.17, 15) is 15.4 Å². The molecule has 24 heavy (non-hydrogen) atoms. The van der Waals surface area contributed by atoms with Crippen molar-refractivity contribution in [1.82, 2.24) is 10.2 Å². The molecule has 1 atom stereocenters. The van der Waals surface area contributed by atoms with Gasteiger partial charge in [0.1, 0.15) is 11.6 Å². The van der Waals surface area contributed by atoms with Gasteiger partial charge in [-0.2, -0.15) is 5.26 Å². The number of benzene rings is 1. The Morgan fingerprint density at radius 3 is 2.92 bits per heavy atom. The van der Waals surface area contributed by atoms with Crippen molar-refractivity contribution in [3.05, 3.63) is 62.7 Å². The molecule has 0 unspecified atom stereocenters. The topological polar surface area (TPSA) is 131 Å². The van der Waals surface area contributed by atoms with Gasteiger partial charge in [-0.15, -0.1) is 5.10 Å². The molecule has 0 radical (unpaired) electrons. The van der Waals surface area contributed by atoms with Gasteiger partial charge in [0.05, 0.1) is 16.4 Å². The van der Waals surface area contributed by atoms with Crippen molar-refractivity contribution in [2.24, 2.45) is 5.73 Å². The van der Waals surface area contributed by atoms with Crippen LogP contribution in [-0.2, 0) is 6.42 Å². The van der Waals surface area contributed by atoms with Crippen LogP contribution in [-0.4, -0.2) is 15.1 Å². The summed E-state index contributed by atoms with van der Waals surface area (Å²) in [5.41, 5.74) is 7.75. The minimum Gasteiger partial charge on any atom is -0.420 e. The van der Waals surface area contributed by atoms with Crippen LogP contribution < -0.4 is 10.5 Å². The summed E-state index contributed by atoms with van der Waals surface area (Å²) in [6.45, 7) is 2.01. The number of hydrogen-bond acceptors (Lipinski definition) is 6. The molecular weight excluding hydrogens is 310 g/mol. The molecule has 122 valence electrons. The second kappa shape index (κ2) is 6.04. The minimum absolute atomic E-state index is 0.0699. The van der Waals surface area contributed by atoms with E-state index in [4.69, 9.17) is 10.5 Å². The SMILES string of the molecule is CCCc1[nH]nc2c1[C@H](c1ccccc1[N+](=O)[O-])C(C#N)=C(N)O2. The third kappa shape index (κ3) is 2.36. The lowest BCUT2D eigenvalue weighted by Gasteiger charge is -2.23. The molecule has 1 aliphatic rings. The first-order valence-corrected chi connectivity index (χ1v) is 7.46. The van der Waals surface area contributed by atoms with Gasteiger partial charge in [0, 0.05) is 17.3 Å². The van der Waals surface area contributed by atoms with E-state index in [1.54, 1.807) is 18.2 Å². The first-order valence-electron chi connectivity index (χ1n) is 7.46.